The van der Waals surface area contributed by atoms with E-state index in [-0.39, 0.29) is 5.82 Å². The van der Waals surface area contributed by atoms with Crippen molar-refractivity contribution in [2.75, 3.05) is 33.3 Å². The number of halogens is 1. The summed E-state index contributed by atoms with van der Waals surface area (Å²) in [5, 5.41) is 4.08. The number of methoxy groups -OCH3 is 1. The Morgan fingerprint density at radius 2 is 1.71 bits per heavy atom. The summed E-state index contributed by atoms with van der Waals surface area (Å²) < 4.78 is 24.3. The Hall–Kier alpha value is -2.77. The fourth-order valence-electron chi connectivity index (χ4n) is 3.43. The first kappa shape index (κ1) is 18.6. The molecule has 7 heteroatoms. The molecule has 0 unspecified atom stereocenters. The van der Waals surface area contributed by atoms with Gasteiger partial charge in [0, 0.05) is 43.9 Å². The lowest BCUT2D eigenvalue weighted by atomic mass is 10.1. The standard InChI is InChI=1S/C21H23FN4O2/c1-27-19-8-7-18(22)13-17(19)14-25-9-11-26(12-10-25)15-20-23-21(24-28-20)16-5-3-2-4-6-16/h2-8,13H,9-12,14-15H2,1H3. The monoisotopic (exact) mass is 382 g/mol. The van der Waals surface area contributed by atoms with Crippen LogP contribution in [0.5, 0.6) is 5.75 Å². The molecule has 2 aromatic carbocycles. The molecule has 1 aliphatic heterocycles. The van der Waals surface area contributed by atoms with Crippen LogP contribution in [-0.4, -0.2) is 53.2 Å². The van der Waals surface area contributed by atoms with E-state index in [2.05, 4.69) is 19.9 Å². The van der Waals surface area contributed by atoms with E-state index in [1.54, 1.807) is 19.2 Å². The highest BCUT2D eigenvalue weighted by Crippen LogP contribution is 2.22. The van der Waals surface area contributed by atoms with Gasteiger partial charge in [0.15, 0.2) is 0 Å². The minimum Gasteiger partial charge on any atom is -0.496 e. The van der Waals surface area contributed by atoms with Crippen LogP contribution in [-0.2, 0) is 13.1 Å². The second-order valence-corrected chi connectivity index (χ2v) is 6.89. The highest BCUT2D eigenvalue weighted by atomic mass is 19.1. The third-order valence-electron chi connectivity index (χ3n) is 4.96. The average molecular weight is 382 g/mol. The number of hydrogen-bond acceptors (Lipinski definition) is 6. The molecule has 1 fully saturated rings. The molecule has 0 spiro atoms. The number of hydrogen-bond donors (Lipinski definition) is 0. The lowest BCUT2D eigenvalue weighted by Crippen LogP contribution is -2.45. The highest BCUT2D eigenvalue weighted by Gasteiger charge is 2.20. The first-order chi connectivity index (χ1) is 13.7. The zero-order valence-corrected chi connectivity index (χ0v) is 15.8. The molecule has 0 atom stereocenters. The zero-order valence-electron chi connectivity index (χ0n) is 15.8. The second kappa shape index (κ2) is 8.50. The van der Waals surface area contributed by atoms with Gasteiger partial charge in [-0.2, -0.15) is 4.98 Å². The van der Waals surface area contributed by atoms with Crippen molar-refractivity contribution in [3.8, 4) is 17.1 Å². The minimum atomic E-state index is -0.236. The molecule has 3 aromatic rings. The summed E-state index contributed by atoms with van der Waals surface area (Å²) in [4.78, 5) is 9.10. The van der Waals surface area contributed by atoms with Crippen LogP contribution in [0.1, 0.15) is 11.5 Å². The summed E-state index contributed by atoms with van der Waals surface area (Å²) in [7, 11) is 1.61. The number of nitrogens with zero attached hydrogens (tertiary/aromatic N) is 4. The van der Waals surface area contributed by atoms with Crippen LogP contribution in [0.4, 0.5) is 4.39 Å². The summed E-state index contributed by atoms with van der Waals surface area (Å²) >= 11 is 0. The van der Waals surface area contributed by atoms with Crippen LogP contribution < -0.4 is 4.74 Å². The van der Waals surface area contributed by atoms with Gasteiger partial charge in [0.2, 0.25) is 11.7 Å². The van der Waals surface area contributed by atoms with Gasteiger partial charge in [-0.05, 0) is 18.2 Å². The normalized spacial score (nSPS) is 15.6. The molecule has 0 N–H and O–H groups in total. The number of aromatic nitrogens is 2. The smallest absolute Gasteiger partial charge is 0.241 e. The van der Waals surface area contributed by atoms with Crippen molar-refractivity contribution in [2.24, 2.45) is 0 Å². The Balaban J connectivity index is 1.31. The molecule has 2 heterocycles. The van der Waals surface area contributed by atoms with Crippen LogP contribution >= 0.6 is 0 Å². The lowest BCUT2D eigenvalue weighted by molar-refractivity contribution is 0.111. The van der Waals surface area contributed by atoms with Gasteiger partial charge in [-0.1, -0.05) is 35.5 Å². The molecule has 4 rings (SSSR count). The van der Waals surface area contributed by atoms with Crippen LogP contribution in [0.3, 0.4) is 0 Å². The molecule has 0 saturated carbocycles. The summed E-state index contributed by atoms with van der Waals surface area (Å²) in [6.45, 7) is 4.87. The third-order valence-corrected chi connectivity index (χ3v) is 4.96. The topological polar surface area (TPSA) is 54.6 Å². The maximum atomic E-state index is 13.6. The van der Waals surface area contributed by atoms with E-state index in [0.29, 0.717) is 24.8 Å². The summed E-state index contributed by atoms with van der Waals surface area (Å²) in [5.74, 6) is 1.73. The molecule has 28 heavy (non-hydrogen) atoms. The molecule has 0 bridgehead atoms. The van der Waals surface area contributed by atoms with Crippen LogP contribution in [0.2, 0.25) is 0 Å². The summed E-state index contributed by atoms with van der Waals surface area (Å²) in [5.41, 5.74) is 1.83. The van der Waals surface area contributed by atoms with Gasteiger partial charge < -0.3 is 9.26 Å². The fourth-order valence-corrected chi connectivity index (χ4v) is 3.43. The predicted molar refractivity (Wildman–Crippen MR) is 103 cm³/mol. The van der Waals surface area contributed by atoms with E-state index < -0.39 is 0 Å². The average Bonchev–Trinajstić information content (AvgIpc) is 3.19. The van der Waals surface area contributed by atoms with E-state index in [1.807, 2.05) is 30.3 Å². The predicted octanol–water partition coefficient (Wildman–Crippen LogP) is 3.20. The quantitative estimate of drug-likeness (QED) is 0.653. The van der Waals surface area contributed by atoms with Crippen molar-refractivity contribution >= 4 is 0 Å². The van der Waals surface area contributed by atoms with Gasteiger partial charge in [0.25, 0.3) is 0 Å². The van der Waals surface area contributed by atoms with Crippen molar-refractivity contribution in [3.63, 3.8) is 0 Å². The third kappa shape index (κ3) is 4.37. The Labute approximate surface area is 163 Å². The molecular weight excluding hydrogens is 359 g/mol. The largest absolute Gasteiger partial charge is 0.496 e. The van der Waals surface area contributed by atoms with Crippen LogP contribution in [0.25, 0.3) is 11.4 Å². The van der Waals surface area contributed by atoms with Gasteiger partial charge in [-0.15, -0.1) is 0 Å². The number of benzene rings is 2. The Morgan fingerprint density at radius 3 is 2.43 bits per heavy atom. The second-order valence-electron chi connectivity index (χ2n) is 6.89. The van der Waals surface area contributed by atoms with Gasteiger partial charge in [0.1, 0.15) is 11.6 Å². The SMILES string of the molecule is COc1ccc(F)cc1CN1CCN(Cc2nc(-c3ccccc3)no2)CC1. The van der Waals surface area contributed by atoms with Gasteiger partial charge in [-0.25, -0.2) is 4.39 Å². The zero-order chi connectivity index (χ0) is 19.3. The molecule has 146 valence electrons. The summed E-state index contributed by atoms with van der Waals surface area (Å²) in [6, 6.07) is 14.5. The molecule has 1 aliphatic rings. The number of ether oxygens (including phenoxy) is 1. The molecule has 1 aromatic heterocycles. The Kier molecular flexibility index (Phi) is 5.64. The first-order valence-electron chi connectivity index (χ1n) is 9.36. The molecule has 1 saturated heterocycles. The molecule has 0 amide bonds. The van der Waals surface area contributed by atoms with E-state index in [0.717, 1.165) is 43.1 Å². The minimum absolute atomic E-state index is 0.236. The maximum Gasteiger partial charge on any atom is 0.241 e. The van der Waals surface area contributed by atoms with Crippen molar-refractivity contribution in [3.05, 3.63) is 65.8 Å². The van der Waals surface area contributed by atoms with E-state index in [1.165, 1.54) is 6.07 Å². The fraction of sp³-hybridized carbons (Fsp3) is 0.333. The van der Waals surface area contributed by atoms with Crippen molar-refractivity contribution in [1.29, 1.82) is 0 Å². The highest BCUT2D eigenvalue weighted by molar-refractivity contribution is 5.53. The molecule has 6 nitrogen and oxygen atoms in total. The summed E-state index contributed by atoms with van der Waals surface area (Å²) in [6.07, 6.45) is 0. The van der Waals surface area contributed by atoms with Crippen molar-refractivity contribution in [2.45, 2.75) is 13.1 Å². The first-order valence-corrected chi connectivity index (χ1v) is 9.36. The Bertz CT molecular complexity index is 908. The molecular formula is C21H23FN4O2. The maximum absolute atomic E-state index is 13.6. The van der Waals surface area contributed by atoms with Crippen molar-refractivity contribution < 1.29 is 13.7 Å². The number of piperazine rings is 1. The van der Waals surface area contributed by atoms with Crippen LogP contribution in [0.15, 0.2) is 53.1 Å². The van der Waals surface area contributed by atoms with Crippen molar-refractivity contribution in [1.82, 2.24) is 19.9 Å². The Morgan fingerprint density at radius 1 is 1.00 bits per heavy atom. The van der Waals surface area contributed by atoms with Gasteiger partial charge in [-0.3, -0.25) is 9.80 Å². The molecule has 0 aliphatic carbocycles. The van der Waals surface area contributed by atoms with E-state index in [4.69, 9.17) is 9.26 Å². The van der Waals surface area contributed by atoms with E-state index >= 15 is 0 Å². The molecule has 0 radical (unpaired) electrons. The van der Waals surface area contributed by atoms with Crippen LogP contribution in [0, 0.1) is 5.82 Å². The van der Waals surface area contributed by atoms with Gasteiger partial charge in [0.05, 0.1) is 13.7 Å². The van der Waals surface area contributed by atoms with E-state index in [9.17, 15) is 4.39 Å². The lowest BCUT2D eigenvalue weighted by Gasteiger charge is -2.34. The van der Waals surface area contributed by atoms with Gasteiger partial charge >= 0.3 is 0 Å². The number of rotatable bonds is 6.